The number of rotatable bonds is 5. The average molecular weight is 382 g/mol. The largest absolute Gasteiger partial charge is 0.481 e. The van der Waals surface area contributed by atoms with Crippen LogP contribution in [0.3, 0.4) is 0 Å². The van der Waals surface area contributed by atoms with Gasteiger partial charge in [-0.05, 0) is 37.3 Å². The Balaban J connectivity index is 1.89. The van der Waals surface area contributed by atoms with Gasteiger partial charge in [0.2, 0.25) is 0 Å². The van der Waals surface area contributed by atoms with Crippen molar-refractivity contribution < 1.29 is 9.53 Å². The van der Waals surface area contributed by atoms with Crippen LogP contribution in [0.2, 0.25) is 5.02 Å². The smallest absolute Gasteiger partial charge is 0.280 e. The van der Waals surface area contributed by atoms with Gasteiger partial charge in [-0.1, -0.05) is 45.7 Å². The Morgan fingerprint density at radius 3 is 2.64 bits per heavy atom. The number of ether oxygens (including phenoxy) is 1. The molecule has 6 heteroatoms. The number of hydrogen-bond acceptors (Lipinski definition) is 3. The normalized spacial score (nSPS) is 12.1. The third-order valence-corrected chi connectivity index (χ3v) is 3.75. The fraction of sp³-hybridized carbons (Fsp3) is 0.125. The van der Waals surface area contributed by atoms with E-state index in [1.165, 1.54) is 0 Å². The number of halogens is 2. The van der Waals surface area contributed by atoms with Gasteiger partial charge in [-0.25, -0.2) is 5.43 Å². The fourth-order valence-electron chi connectivity index (χ4n) is 1.61. The van der Waals surface area contributed by atoms with Crippen LogP contribution in [0.25, 0.3) is 0 Å². The summed E-state index contributed by atoms with van der Waals surface area (Å²) < 4.78 is 6.41. The zero-order valence-electron chi connectivity index (χ0n) is 11.8. The van der Waals surface area contributed by atoms with Crippen molar-refractivity contribution in [2.75, 3.05) is 0 Å². The number of nitrogens with zero attached hydrogens (tertiary/aromatic N) is 1. The first kappa shape index (κ1) is 16.5. The number of hydrogen-bond donors (Lipinski definition) is 1. The summed E-state index contributed by atoms with van der Waals surface area (Å²) in [7, 11) is 0. The minimum atomic E-state index is -0.669. The molecule has 1 amide bonds. The van der Waals surface area contributed by atoms with E-state index in [0.717, 1.165) is 10.0 Å². The minimum Gasteiger partial charge on any atom is -0.481 e. The monoisotopic (exact) mass is 380 g/mol. The molecule has 2 aromatic rings. The summed E-state index contributed by atoms with van der Waals surface area (Å²) >= 11 is 9.20. The lowest BCUT2D eigenvalue weighted by Crippen LogP contribution is -2.33. The van der Waals surface area contributed by atoms with Crippen molar-refractivity contribution in [1.29, 1.82) is 0 Å². The third-order valence-electron chi connectivity index (χ3n) is 2.78. The summed E-state index contributed by atoms with van der Waals surface area (Å²) in [4.78, 5) is 11.9. The molecule has 0 aliphatic rings. The van der Waals surface area contributed by atoms with Crippen LogP contribution in [-0.2, 0) is 4.79 Å². The number of carbonyl (C=O) groups excluding carboxylic acids is 1. The van der Waals surface area contributed by atoms with Crippen molar-refractivity contribution in [3.05, 3.63) is 63.6 Å². The number of carbonyl (C=O) groups is 1. The van der Waals surface area contributed by atoms with E-state index in [9.17, 15) is 4.79 Å². The highest BCUT2D eigenvalue weighted by molar-refractivity contribution is 9.10. The Hall–Kier alpha value is -1.85. The Kier molecular flexibility index (Phi) is 5.98. The molecule has 0 unspecified atom stereocenters. The molecule has 0 heterocycles. The van der Waals surface area contributed by atoms with Crippen LogP contribution in [-0.4, -0.2) is 18.2 Å². The molecular weight excluding hydrogens is 368 g/mol. The van der Waals surface area contributed by atoms with Gasteiger partial charge < -0.3 is 4.74 Å². The van der Waals surface area contributed by atoms with Gasteiger partial charge in [0.15, 0.2) is 6.10 Å². The van der Waals surface area contributed by atoms with Crippen molar-refractivity contribution in [1.82, 2.24) is 5.43 Å². The summed E-state index contributed by atoms with van der Waals surface area (Å²) in [6.07, 6.45) is 0.898. The van der Waals surface area contributed by atoms with E-state index in [4.69, 9.17) is 16.3 Å². The lowest BCUT2D eigenvalue weighted by Gasteiger charge is -2.12. The molecule has 0 bridgehead atoms. The quantitative estimate of drug-likeness (QED) is 0.628. The van der Waals surface area contributed by atoms with Crippen molar-refractivity contribution in [3.8, 4) is 5.75 Å². The third kappa shape index (κ3) is 4.86. The van der Waals surface area contributed by atoms with Gasteiger partial charge in [-0.15, -0.1) is 0 Å². The molecule has 0 radical (unpaired) electrons. The summed E-state index contributed by atoms with van der Waals surface area (Å²) in [6.45, 7) is 1.65. The Labute approximate surface area is 142 Å². The standard InChI is InChI=1S/C16H14BrClN2O2/c1-11(22-14-8-6-13(18)7-9-14)16(21)20-19-10-12-4-2-3-5-15(12)17/h2-11H,1H3,(H,20,21)/t11-/m1/s1. The van der Waals surface area contributed by atoms with Crippen LogP contribution in [0.5, 0.6) is 5.75 Å². The van der Waals surface area contributed by atoms with Crippen LogP contribution in [0, 0.1) is 0 Å². The first-order valence-corrected chi connectivity index (χ1v) is 7.73. The molecule has 4 nitrogen and oxygen atoms in total. The van der Waals surface area contributed by atoms with Crippen molar-refractivity contribution in [2.45, 2.75) is 13.0 Å². The van der Waals surface area contributed by atoms with Gasteiger partial charge in [0.1, 0.15) is 5.75 Å². The summed E-state index contributed by atoms with van der Waals surface area (Å²) in [5.74, 6) is 0.236. The lowest BCUT2D eigenvalue weighted by atomic mass is 10.2. The second-order valence-electron chi connectivity index (χ2n) is 4.47. The molecule has 0 fully saturated rings. The molecular formula is C16H14BrClN2O2. The molecule has 0 aliphatic heterocycles. The van der Waals surface area contributed by atoms with E-state index in [1.54, 1.807) is 37.4 Å². The van der Waals surface area contributed by atoms with Gasteiger partial charge in [0.05, 0.1) is 6.21 Å². The Bertz CT molecular complexity index is 674. The van der Waals surface area contributed by atoms with E-state index in [1.807, 2.05) is 24.3 Å². The number of benzene rings is 2. The van der Waals surface area contributed by atoms with Crippen LogP contribution in [0.15, 0.2) is 58.1 Å². The molecule has 0 aromatic heterocycles. The predicted octanol–water partition coefficient (Wildman–Crippen LogP) is 4.02. The first-order valence-electron chi connectivity index (χ1n) is 6.56. The highest BCUT2D eigenvalue weighted by atomic mass is 79.9. The molecule has 0 saturated heterocycles. The Morgan fingerprint density at radius 1 is 1.27 bits per heavy atom. The predicted molar refractivity (Wildman–Crippen MR) is 91.4 cm³/mol. The molecule has 0 saturated carbocycles. The molecule has 2 aromatic carbocycles. The van der Waals surface area contributed by atoms with Crippen LogP contribution in [0.4, 0.5) is 0 Å². The lowest BCUT2D eigenvalue weighted by molar-refractivity contribution is -0.127. The number of hydrazone groups is 1. The molecule has 22 heavy (non-hydrogen) atoms. The van der Waals surface area contributed by atoms with Crippen molar-refractivity contribution in [3.63, 3.8) is 0 Å². The maximum absolute atomic E-state index is 11.9. The van der Waals surface area contributed by atoms with E-state index in [0.29, 0.717) is 10.8 Å². The van der Waals surface area contributed by atoms with Gasteiger partial charge in [0.25, 0.3) is 5.91 Å². The Morgan fingerprint density at radius 2 is 1.95 bits per heavy atom. The molecule has 2 rings (SSSR count). The number of nitrogens with one attached hydrogen (secondary N) is 1. The second kappa shape index (κ2) is 7.96. The maximum Gasteiger partial charge on any atom is 0.280 e. The molecule has 1 N–H and O–H groups in total. The molecule has 1 atom stereocenters. The highest BCUT2D eigenvalue weighted by Crippen LogP contribution is 2.17. The van der Waals surface area contributed by atoms with Crippen LogP contribution in [0.1, 0.15) is 12.5 Å². The zero-order chi connectivity index (χ0) is 15.9. The van der Waals surface area contributed by atoms with Crippen LogP contribution < -0.4 is 10.2 Å². The van der Waals surface area contributed by atoms with Crippen molar-refractivity contribution in [2.24, 2.45) is 5.10 Å². The number of amides is 1. The minimum absolute atomic E-state index is 0.335. The first-order chi connectivity index (χ1) is 10.6. The fourth-order valence-corrected chi connectivity index (χ4v) is 2.12. The second-order valence-corrected chi connectivity index (χ2v) is 5.76. The zero-order valence-corrected chi connectivity index (χ0v) is 14.1. The topological polar surface area (TPSA) is 50.7 Å². The SMILES string of the molecule is C[C@@H](Oc1ccc(Cl)cc1)C(=O)NN=Cc1ccccc1Br. The van der Waals surface area contributed by atoms with Gasteiger partial charge in [-0.3, -0.25) is 4.79 Å². The highest BCUT2D eigenvalue weighted by Gasteiger charge is 2.13. The van der Waals surface area contributed by atoms with Crippen LogP contribution >= 0.6 is 27.5 Å². The van der Waals surface area contributed by atoms with E-state index < -0.39 is 6.10 Å². The summed E-state index contributed by atoms with van der Waals surface area (Å²) in [6, 6.07) is 14.4. The van der Waals surface area contributed by atoms with Crippen molar-refractivity contribution >= 4 is 39.7 Å². The van der Waals surface area contributed by atoms with Gasteiger partial charge >= 0.3 is 0 Å². The summed E-state index contributed by atoms with van der Waals surface area (Å²) in [5, 5.41) is 4.54. The van der Waals surface area contributed by atoms with E-state index >= 15 is 0 Å². The molecule has 0 spiro atoms. The summed E-state index contributed by atoms with van der Waals surface area (Å²) in [5.41, 5.74) is 3.32. The van der Waals surface area contributed by atoms with Gasteiger partial charge in [-0.2, -0.15) is 5.10 Å². The van der Waals surface area contributed by atoms with E-state index in [-0.39, 0.29) is 5.91 Å². The van der Waals surface area contributed by atoms with Gasteiger partial charge in [0, 0.05) is 15.1 Å². The van der Waals surface area contributed by atoms with E-state index in [2.05, 4.69) is 26.5 Å². The molecule has 114 valence electrons. The average Bonchev–Trinajstić information content (AvgIpc) is 2.51. The maximum atomic E-state index is 11.9. The molecule has 0 aliphatic carbocycles.